The van der Waals surface area contributed by atoms with E-state index in [-0.39, 0.29) is 29.8 Å². The quantitative estimate of drug-likeness (QED) is 0.790. The summed E-state index contributed by atoms with van der Waals surface area (Å²) >= 11 is 0. The standard InChI is InChI=1S/C18H19F2N3O4S/c19-18(20)27-14-5-1-2-6-15(14)28(25,26)23-11-8-13(9-12-23)17(24)22-16-7-3-4-10-21-16/h1-7,10,13,18H,8-9,11-12H2,(H,21,22,24). The molecule has 0 saturated carbocycles. The van der Waals surface area contributed by atoms with Crippen molar-refractivity contribution in [1.82, 2.24) is 9.29 Å². The number of carbonyl (C=O) groups is 1. The van der Waals surface area contributed by atoms with Crippen LogP contribution >= 0.6 is 0 Å². The first-order valence-electron chi connectivity index (χ1n) is 8.64. The Bertz CT molecular complexity index is 917. The number of piperidine rings is 1. The van der Waals surface area contributed by atoms with Crippen molar-refractivity contribution in [2.45, 2.75) is 24.3 Å². The van der Waals surface area contributed by atoms with Crippen LogP contribution < -0.4 is 10.1 Å². The molecule has 1 saturated heterocycles. The van der Waals surface area contributed by atoms with E-state index in [1.165, 1.54) is 28.6 Å². The van der Waals surface area contributed by atoms with Gasteiger partial charge in [-0.3, -0.25) is 4.79 Å². The molecule has 10 heteroatoms. The number of alkyl halides is 2. The molecule has 0 spiro atoms. The second-order valence-electron chi connectivity index (χ2n) is 6.21. The molecule has 28 heavy (non-hydrogen) atoms. The van der Waals surface area contributed by atoms with Crippen LogP contribution in [-0.4, -0.2) is 43.3 Å². The van der Waals surface area contributed by atoms with Crippen LogP contribution in [0, 0.1) is 5.92 Å². The summed E-state index contributed by atoms with van der Waals surface area (Å²) < 4.78 is 56.4. The predicted molar refractivity (Wildman–Crippen MR) is 97.4 cm³/mol. The number of amides is 1. The number of anilines is 1. The van der Waals surface area contributed by atoms with Gasteiger partial charge in [0.05, 0.1) is 0 Å². The van der Waals surface area contributed by atoms with Gasteiger partial charge < -0.3 is 10.1 Å². The van der Waals surface area contributed by atoms with Crippen molar-refractivity contribution in [2.75, 3.05) is 18.4 Å². The van der Waals surface area contributed by atoms with Crippen molar-refractivity contribution in [3.05, 3.63) is 48.7 Å². The van der Waals surface area contributed by atoms with Crippen LogP contribution in [0.25, 0.3) is 0 Å². The molecule has 1 aliphatic heterocycles. The Morgan fingerprint density at radius 2 is 1.82 bits per heavy atom. The zero-order chi connectivity index (χ0) is 20.1. The fourth-order valence-electron chi connectivity index (χ4n) is 3.02. The predicted octanol–water partition coefficient (Wildman–Crippen LogP) is 2.72. The normalized spacial score (nSPS) is 16.1. The van der Waals surface area contributed by atoms with Gasteiger partial charge in [0.2, 0.25) is 15.9 Å². The number of halogens is 2. The highest BCUT2D eigenvalue weighted by Crippen LogP contribution is 2.30. The number of hydrogen-bond donors (Lipinski definition) is 1. The molecule has 150 valence electrons. The van der Waals surface area contributed by atoms with Gasteiger partial charge in [-0.15, -0.1) is 0 Å². The average molecular weight is 411 g/mol. The first kappa shape index (κ1) is 20.2. The summed E-state index contributed by atoms with van der Waals surface area (Å²) in [6.07, 6.45) is 2.19. The summed E-state index contributed by atoms with van der Waals surface area (Å²) in [4.78, 5) is 16.1. The lowest BCUT2D eigenvalue weighted by atomic mass is 9.97. The number of carbonyl (C=O) groups excluding carboxylic acids is 1. The molecule has 2 heterocycles. The zero-order valence-corrected chi connectivity index (χ0v) is 15.6. The molecule has 1 N–H and O–H groups in total. The molecule has 2 aromatic rings. The van der Waals surface area contributed by atoms with Gasteiger partial charge in [-0.1, -0.05) is 18.2 Å². The summed E-state index contributed by atoms with van der Waals surface area (Å²) in [7, 11) is -4.02. The van der Waals surface area contributed by atoms with Gasteiger partial charge in [0, 0.05) is 25.2 Å². The highest BCUT2D eigenvalue weighted by atomic mass is 32.2. The third kappa shape index (κ3) is 4.63. The molecule has 1 fully saturated rings. The number of hydrogen-bond acceptors (Lipinski definition) is 5. The molecule has 0 atom stereocenters. The number of ether oxygens (including phenoxy) is 1. The van der Waals surface area contributed by atoms with Gasteiger partial charge >= 0.3 is 6.61 Å². The number of pyridine rings is 1. The molecule has 1 aromatic heterocycles. The number of para-hydroxylation sites is 1. The van der Waals surface area contributed by atoms with Gasteiger partial charge in [0.1, 0.15) is 16.5 Å². The number of nitrogens with zero attached hydrogens (tertiary/aromatic N) is 2. The number of aromatic nitrogens is 1. The Hall–Kier alpha value is -2.59. The minimum atomic E-state index is -4.02. The molecule has 0 radical (unpaired) electrons. The summed E-state index contributed by atoms with van der Waals surface area (Å²) in [5.41, 5.74) is 0. The van der Waals surface area contributed by atoms with E-state index in [2.05, 4.69) is 15.0 Å². The van der Waals surface area contributed by atoms with Crippen molar-refractivity contribution in [1.29, 1.82) is 0 Å². The van der Waals surface area contributed by atoms with Crippen LogP contribution in [-0.2, 0) is 14.8 Å². The van der Waals surface area contributed by atoms with Gasteiger partial charge in [-0.25, -0.2) is 13.4 Å². The highest BCUT2D eigenvalue weighted by molar-refractivity contribution is 7.89. The van der Waals surface area contributed by atoms with Crippen LogP contribution in [0.2, 0.25) is 0 Å². The topological polar surface area (TPSA) is 88.6 Å². The fraction of sp³-hybridized carbons (Fsp3) is 0.333. The van der Waals surface area contributed by atoms with Gasteiger partial charge in [-0.2, -0.15) is 13.1 Å². The third-order valence-electron chi connectivity index (χ3n) is 4.42. The molecule has 0 unspecified atom stereocenters. The van der Waals surface area contributed by atoms with E-state index in [0.29, 0.717) is 18.7 Å². The minimum Gasteiger partial charge on any atom is -0.433 e. The van der Waals surface area contributed by atoms with Crippen molar-refractivity contribution in [3.63, 3.8) is 0 Å². The lowest BCUT2D eigenvalue weighted by molar-refractivity contribution is -0.120. The average Bonchev–Trinajstić information content (AvgIpc) is 2.68. The molecule has 0 aliphatic carbocycles. The van der Waals surface area contributed by atoms with Crippen molar-refractivity contribution >= 4 is 21.7 Å². The number of nitrogens with one attached hydrogen (secondary N) is 1. The maximum Gasteiger partial charge on any atom is 0.387 e. The van der Waals surface area contributed by atoms with E-state index in [4.69, 9.17) is 0 Å². The number of rotatable bonds is 6. The van der Waals surface area contributed by atoms with E-state index < -0.39 is 22.4 Å². The monoisotopic (exact) mass is 411 g/mol. The molecule has 1 aromatic carbocycles. The Morgan fingerprint density at radius 1 is 1.14 bits per heavy atom. The number of sulfonamides is 1. The van der Waals surface area contributed by atoms with Crippen LogP contribution in [0.4, 0.5) is 14.6 Å². The largest absolute Gasteiger partial charge is 0.433 e. The van der Waals surface area contributed by atoms with Crippen molar-refractivity contribution < 1.29 is 26.7 Å². The lowest BCUT2D eigenvalue weighted by Crippen LogP contribution is -2.41. The van der Waals surface area contributed by atoms with Crippen LogP contribution in [0.3, 0.4) is 0 Å². The Morgan fingerprint density at radius 3 is 2.46 bits per heavy atom. The highest BCUT2D eigenvalue weighted by Gasteiger charge is 2.34. The maximum absolute atomic E-state index is 12.8. The molecule has 0 bridgehead atoms. The van der Waals surface area contributed by atoms with E-state index in [0.717, 1.165) is 0 Å². The van der Waals surface area contributed by atoms with Crippen molar-refractivity contribution in [2.24, 2.45) is 5.92 Å². The fourth-order valence-corrected chi connectivity index (χ4v) is 4.61. The molecule has 1 amide bonds. The van der Waals surface area contributed by atoms with Gasteiger partial charge in [0.15, 0.2) is 0 Å². The van der Waals surface area contributed by atoms with Crippen molar-refractivity contribution in [3.8, 4) is 5.75 Å². The van der Waals surface area contributed by atoms with Gasteiger partial charge in [-0.05, 0) is 37.1 Å². The second-order valence-corrected chi connectivity index (χ2v) is 8.11. The second kappa shape index (κ2) is 8.61. The smallest absolute Gasteiger partial charge is 0.387 e. The lowest BCUT2D eigenvalue weighted by Gasteiger charge is -2.30. The summed E-state index contributed by atoms with van der Waals surface area (Å²) in [6, 6.07) is 10.4. The van der Waals surface area contributed by atoms with E-state index in [9.17, 15) is 22.0 Å². The van der Waals surface area contributed by atoms with Gasteiger partial charge in [0.25, 0.3) is 0 Å². The summed E-state index contributed by atoms with van der Waals surface area (Å²) in [5, 5.41) is 2.71. The maximum atomic E-state index is 12.8. The van der Waals surface area contributed by atoms with E-state index in [1.807, 2.05) is 0 Å². The zero-order valence-electron chi connectivity index (χ0n) is 14.8. The third-order valence-corrected chi connectivity index (χ3v) is 6.36. The van der Waals surface area contributed by atoms with E-state index >= 15 is 0 Å². The Labute approximate surface area is 161 Å². The Balaban J connectivity index is 1.66. The van der Waals surface area contributed by atoms with E-state index in [1.54, 1.807) is 24.4 Å². The SMILES string of the molecule is O=C(Nc1ccccn1)C1CCN(S(=O)(=O)c2ccccc2OC(F)F)CC1. The molecule has 3 rings (SSSR count). The Kier molecular flexibility index (Phi) is 6.20. The van der Waals surface area contributed by atoms with Crippen LogP contribution in [0.15, 0.2) is 53.6 Å². The summed E-state index contributed by atoms with van der Waals surface area (Å²) in [6.45, 7) is -2.92. The first-order chi connectivity index (χ1) is 13.4. The molecular formula is C18H19F2N3O4S. The molecule has 1 aliphatic rings. The molecular weight excluding hydrogens is 392 g/mol. The molecule has 7 nitrogen and oxygen atoms in total. The number of benzene rings is 1. The van der Waals surface area contributed by atoms with Crippen LogP contribution in [0.5, 0.6) is 5.75 Å². The minimum absolute atomic E-state index is 0.103. The first-order valence-corrected chi connectivity index (χ1v) is 10.1. The summed E-state index contributed by atoms with van der Waals surface area (Å²) in [5.74, 6) is -0.550. The van der Waals surface area contributed by atoms with Crippen LogP contribution in [0.1, 0.15) is 12.8 Å².